The van der Waals surface area contributed by atoms with Gasteiger partial charge in [-0.05, 0) is 51.0 Å². The molecule has 22 heavy (non-hydrogen) atoms. The molecule has 4 nitrogen and oxygen atoms in total. The molecule has 0 atom stereocenters. The van der Waals surface area contributed by atoms with Gasteiger partial charge in [0.1, 0.15) is 0 Å². The molecule has 0 spiro atoms. The minimum Gasteiger partial charge on any atom is -0.360 e. The van der Waals surface area contributed by atoms with E-state index in [9.17, 15) is 4.79 Å². The van der Waals surface area contributed by atoms with E-state index >= 15 is 0 Å². The summed E-state index contributed by atoms with van der Waals surface area (Å²) < 4.78 is 0. The average Bonchev–Trinajstić information content (AvgIpc) is 3.05. The van der Waals surface area contributed by atoms with E-state index in [1.54, 1.807) is 0 Å². The van der Waals surface area contributed by atoms with Gasteiger partial charge >= 0.3 is 0 Å². The maximum absolute atomic E-state index is 12.1. The van der Waals surface area contributed by atoms with Crippen molar-refractivity contribution < 1.29 is 4.79 Å². The number of nitrogens with one attached hydrogen (secondary N) is 1. The van der Waals surface area contributed by atoms with Gasteiger partial charge in [-0.15, -0.1) is 11.8 Å². The molecule has 0 radical (unpaired) electrons. The van der Waals surface area contributed by atoms with Crippen LogP contribution in [0, 0.1) is 0 Å². The van der Waals surface area contributed by atoms with Crippen molar-refractivity contribution in [2.75, 3.05) is 49.9 Å². The Morgan fingerprint density at radius 3 is 2.86 bits per heavy atom. The third-order valence-electron chi connectivity index (χ3n) is 4.33. The van der Waals surface area contributed by atoms with Crippen molar-refractivity contribution in [3.63, 3.8) is 0 Å². The van der Waals surface area contributed by atoms with E-state index in [1.165, 1.54) is 36.5 Å². The van der Waals surface area contributed by atoms with E-state index < -0.39 is 0 Å². The number of hydrogen-bond acceptors (Lipinski definition) is 4. The molecule has 2 aliphatic heterocycles. The Kier molecular flexibility index (Phi) is 5.62. The van der Waals surface area contributed by atoms with Crippen LogP contribution in [0.3, 0.4) is 0 Å². The SMILES string of the molecule is O=C(CN1CCSc2ccccc21)NCCCN1CCCC1. The lowest BCUT2D eigenvalue weighted by atomic mass is 10.2. The van der Waals surface area contributed by atoms with Gasteiger partial charge in [0.05, 0.1) is 12.2 Å². The molecular formula is C17H25N3OS. The van der Waals surface area contributed by atoms with Crippen molar-refractivity contribution in [1.29, 1.82) is 0 Å². The number of nitrogens with zero attached hydrogens (tertiary/aromatic N) is 2. The molecule has 0 aromatic heterocycles. The molecule has 1 saturated heterocycles. The number of carbonyl (C=O) groups excluding carboxylic acids is 1. The average molecular weight is 319 g/mol. The Labute approximate surface area is 137 Å². The third-order valence-corrected chi connectivity index (χ3v) is 5.37. The normalized spacial score (nSPS) is 18.3. The lowest BCUT2D eigenvalue weighted by molar-refractivity contribution is -0.119. The Morgan fingerprint density at radius 2 is 2.00 bits per heavy atom. The van der Waals surface area contributed by atoms with Gasteiger partial charge in [-0.3, -0.25) is 4.79 Å². The van der Waals surface area contributed by atoms with Crippen LogP contribution in [0.2, 0.25) is 0 Å². The third kappa shape index (κ3) is 4.17. The standard InChI is InChI=1S/C17H25N3OS/c21-17(18-8-5-11-19-9-3-4-10-19)14-20-12-13-22-16-7-2-1-6-15(16)20/h1-2,6-7H,3-5,8-14H2,(H,18,21). The number of carbonyl (C=O) groups is 1. The Bertz CT molecular complexity index is 502. The summed E-state index contributed by atoms with van der Waals surface area (Å²) in [6, 6.07) is 8.36. The first-order valence-electron chi connectivity index (χ1n) is 8.29. The summed E-state index contributed by atoms with van der Waals surface area (Å²) >= 11 is 1.88. The number of amides is 1. The number of para-hydroxylation sites is 1. The van der Waals surface area contributed by atoms with Gasteiger partial charge in [0.15, 0.2) is 0 Å². The zero-order valence-electron chi connectivity index (χ0n) is 13.1. The summed E-state index contributed by atoms with van der Waals surface area (Å²) in [5.74, 6) is 1.20. The van der Waals surface area contributed by atoms with Crippen LogP contribution in [0.15, 0.2) is 29.2 Å². The molecular weight excluding hydrogens is 294 g/mol. The second-order valence-corrected chi connectivity index (χ2v) is 7.13. The molecule has 3 rings (SSSR count). The predicted octanol–water partition coefficient (Wildman–Crippen LogP) is 2.20. The zero-order valence-corrected chi connectivity index (χ0v) is 13.9. The van der Waals surface area contributed by atoms with Crippen molar-refractivity contribution >= 4 is 23.4 Å². The molecule has 0 bridgehead atoms. The zero-order chi connectivity index (χ0) is 15.2. The molecule has 2 aliphatic rings. The van der Waals surface area contributed by atoms with Gasteiger partial charge in [-0.2, -0.15) is 0 Å². The molecule has 0 aliphatic carbocycles. The van der Waals surface area contributed by atoms with Crippen LogP contribution >= 0.6 is 11.8 Å². The number of likely N-dealkylation sites (tertiary alicyclic amines) is 1. The molecule has 120 valence electrons. The number of fused-ring (bicyclic) bond motifs is 1. The Morgan fingerprint density at radius 1 is 1.18 bits per heavy atom. The molecule has 2 heterocycles. The number of rotatable bonds is 6. The first kappa shape index (κ1) is 15.7. The van der Waals surface area contributed by atoms with Gasteiger partial charge < -0.3 is 15.1 Å². The maximum Gasteiger partial charge on any atom is 0.239 e. The molecule has 0 unspecified atom stereocenters. The van der Waals surface area contributed by atoms with Gasteiger partial charge in [-0.25, -0.2) is 0 Å². The van der Waals surface area contributed by atoms with Crippen molar-refractivity contribution in [1.82, 2.24) is 10.2 Å². The molecule has 1 aromatic rings. The Balaban J connectivity index is 1.40. The monoisotopic (exact) mass is 319 g/mol. The molecule has 1 N–H and O–H groups in total. The van der Waals surface area contributed by atoms with Crippen molar-refractivity contribution in [2.45, 2.75) is 24.2 Å². The molecule has 1 fully saturated rings. The van der Waals surface area contributed by atoms with Crippen LogP contribution in [-0.4, -0.2) is 55.8 Å². The summed E-state index contributed by atoms with van der Waals surface area (Å²) in [7, 11) is 0. The second-order valence-electron chi connectivity index (χ2n) is 5.99. The van der Waals surface area contributed by atoms with Crippen LogP contribution in [0.4, 0.5) is 5.69 Å². The van der Waals surface area contributed by atoms with Crippen LogP contribution in [-0.2, 0) is 4.79 Å². The van der Waals surface area contributed by atoms with E-state index in [1.807, 2.05) is 17.8 Å². The summed E-state index contributed by atoms with van der Waals surface area (Å²) in [5, 5.41) is 3.07. The topological polar surface area (TPSA) is 35.6 Å². The van der Waals surface area contributed by atoms with Crippen molar-refractivity contribution in [2.24, 2.45) is 0 Å². The summed E-state index contributed by atoms with van der Waals surface area (Å²) in [5.41, 5.74) is 1.20. The summed E-state index contributed by atoms with van der Waals surface area (Å²) in [4.78, 5) is 18.1. The van der Waals surface area contributed by atoms with Crippen LogP contribution in [0.5, 0.6) is 0 Å². The van der Waals surface area contributed by atoms with Crippen LogP contribution in [0.1, 0.15) is 19.3 Å². The minimum atomic E-state index is 0.142. The van der Waals surface area contributed by atoms with Crippen LogP contribution < -0.4 is 10.2 Å². The molecule has 0 saturated carbocycles. The highest BCUT2D eigenvalue weighted by atomic mass is 32.2. The van der Waals surface area contributed by atoms with E-state index in [-0.39, 0.29) is 5.91 Å². The summed E-state index contributed by atoms with van der Waals surface area (Å²) in [6.07, 6.45) is 3.72. The quantitative estimate of drug-likeness (QED) is 0.816. The van der Waals surface area contributed by atoms with Gasteiger partial charge in [0.25, 0.3) is 0 Å². The predicted molar refractivity (Wildman–Crippen MR) is 92.7 cm³/mol. The Hall–Kier alpha value is -1.20. The van der Waals surface area contributed by atoms with E-state index in [0.717, 1.165) is 31.8 Å². The van der Waals surface area contributed by atoms with Gasteiger partial charge in [0.2, 0.25) is 5.91 Å². The number of thioether (sulfide) groups is 1. The van der Waals surface area contributed by atoms with Crippen molar-refractivity contribution in [3.8, 4) is 0 Å². The number of anilines is 1. The lowest BCUT2D eigenvalue weighted by Gasteiger charge is -2.30. The smallest absolute Gasteiger partial charge is 0.239 e. The first-order chi connectivity index (χ1) is 10.8. The van der Waals surface area contributed by atoms with E-state index in [0.29, 0.717) is 6.54 Å². The second kappa shape index (κ2) is 7.88. The summed E-state index contributed by atoms with van der Waals surface area (Å²) in [6.45, 7) is 5.79. The highest BCUT2D eigenvalue weighted by Crippen LogP contribution is 2.33. The first-order valence-corrected chi connectivity index (χ1v) is 9.27. The highest BCUT2D eigenvalue weighted by molar-refractivity contribution is 7.99. The fraction of sp³-hybridized carbons (Fsp3) is 0.588. The fourth-order valence-corrected chi connectivity index (χ4v) is 4.21. The van der Waals surface area contributed by atoms with E-state index in [2.05, 4.69) is 33.3 Å². The van der Waals surface area contributed by atoms with E-state index in [4.69, 9.17) is 0 Å². The molecule has 1 amide bonds. The molecule has 1 aromatic carbocycles. The fourth-order valence-electron chi connectivity index (χ4n) is 3.16. The maximum atomic E-state index is 12.1. The van der Waals surface area contributed by atoms with Gasteiger partial charge in [-0.1, -0.05) is 12.1 Å². The largest absolute Gasteiger partial charge is 0.360 e. The van der Waals surface area contributed by atoms with Crippen LogP contribution in [0.25, 0.3) is 0 Å². The molecule has 5 heteroatoms. The van der Waals surface area contributed by atoms with Gasteiger partial charge in [0, 0.05) is 23.7 Å². The lowest BCUT2D eigenvalue weighted by Crippen LogP contribution is -2.40. The number of hydrogen-bond donors (Lipinski definition) is 1. The highest BCUT2D eigenvalue weighted by Gasteiger charge is 2.19. The number of benzene rings is 1. The van der Waals surface area contributed by atoms with Crippen molar-refractivity contribution in [3.05, 3.63) is 24.3 Å². The minimum absolute atomic E-state index is 0.142.